The zero-order chi connectivity index (χ0) is 16.3. The van der Waals surface area contributed by atoms with Crippen LogP contribution in [0.5, 0.6) is 0 Å². The minimum absolute atomic E-state index is 0.0392. The van der Waals surface area contributed by atoms with E-state index in [4.69, 9.17) is 5.11 Å². The molecule has 1 amide bonds. The molecule has 0 spiro atoms. The van der Waals surface area contributed by atoms with E-state index in [0.29, 0.717) is 0 Å². The van der Waals surface area contributed by atoms with Crippen LogP contribution in [0.25, 0.3) is 0 Å². The highest BCUT2D eigenvalue weighted by Crippen LogP contribution is 2.23. The van der Waals surface area contributed by atoms with Crippen LogP contribution in [0.4, 0.5) is 5.69 Å². The van der Waals surface area contributed by atoms with Crippen LogP contribution < -0.4 is 10.0 Å². The van der Waals surface area contributed by atoms with Gasteiger partial charge in [-0.25, -0.2) is 13.2 Å². The molecule has 22 heavy (non-hydrogen) atoms. The summed E-state index contributed by atoms with van der Waals surface area (Å²) < 4.78 is 26.8. The lowest BCUT2D eigenvalue weighted by atomic mass is 10.2. The predicted octanol–water partition coefficient (Wildman–Crippen LogP) is 1.61. The maximum Gasteiger partial charge on any atom is 0.337 e. The summed E-state index contributed by atoms with van der Waals surface area (Å²) in [5.74, 6) is -1.63. The van der Waals surface area contributed by atoms with Gasteiger partial charge in [-0.3, -0.25) is 9.52 Å². The first-order valence-corrected chi connectivity index (χ1v) is 8.37. The number of sulfonamides is 1. The highest BCUT2D eigenvalue weighted by Gasteiger charge is 2.21. The Labute approximate surface area is 130 Å². The van der Waals surface area contributed by atoms with Gasteiger partial charge in [0, 0.05) is 12.4 Å². The molecule has 1 aromatic heterocycles. The second-order valence-corrected chi connectivity index (χ2v) is 6.78. The lowest BCUT2D eigenvalue weighted by Gasteiger charge is -2.09. The van der Waals surface area contributed by atoms with Crippen molar-refractivity contribution >= 4 is 38.9 Å². The van der Waals surface area contributed by atoms with Crippen molar-refractivity contribution in [3.05, 3.63) is 46.2 Å². The summed E-state index contributed by atoms with van der Waals surface area (Å²) in [5, 5.41) is 12.8. The minimum atomic E-state index is -3.97. The van der Waals surface area contributed by atoms with Gasteiger partial charge in [0.1, 0.15) is 0 Å². The molecule has 0 atom stereocenters. The maximum absolute atomic E-state index is 12.3. The molecule has 0 unspecified atom stereocenters. The smallest absolute Gasteiger partial charge is 0.337 e. The van der Waals surface area contributed by atoms with Gasteiger partial charge < -0.3 is 10.4 Å². The normalized spacial score (nSPS) is 11.0. The van der Waals surface area contributed by atoms with Gasteiger partial charge in [0.15, 0.2) is 0 Å². The molecule has 3 N–H and O–H groups in total. The fourth-order valence-electron chi connectivity index (χ4n) is 1.66. The average Bonchev–Trinajstić information content (AvgIpc) is 2.97. The van der Waals surface area contributed by atoms with Gasteiger partial charge in [-0.15, -0.1) is 11.3 Å². The largest absolute Gasteiger partial charge is 0.478 e. The molecule has 7 nitrogen and oxygen atoms in total. The summed E-state index contributed by atoms with van der Waals surface area (Å²) >= 11 is 0.983. The van der Waals surface area contributed by atoms with Crippen molar-refractivity contribution in [1.82, 2.24) is 5.32 Å². The van der Waals surface area contributed by atoms with Gasteiger partial charge in [-0.05, 0) is 18.2 Å². The van der Waals surface area contributed by atoms with E-state index in [1.807, 2.05) is 0 Å². The monoisotopic (exact) mass is 340 g/mol. The van der Waals surface area contributed by atoms with Crippen LogP contribution in [0.15, 0.2) is 40.6 Å². The SMILES string of the molecule is CNC(=O)c1cc(S(=O)(=O)Nc2ccccc2C(=O)O)cs1. The fourth-order valence-corrected chi connectivity index (χ4v) is 3.96. The third-order valence-electron chi connectivity index (χ3n) is 2.74. The molecule has 0 saturated carbocycles. The van der Waals surface area contributed by atoms with Crippen molar-refractivity contribution in [3.63, 3.8) is 0 Å². The number of nitrogens with one attached hydrogen (secondary N) is 2. The highest BCUT2D eigenvalue weighted by atomic mass is 32.2. The molecule has 1 heterocycles. The zero-order valence-corrected chi connectivity index (χ0v) is 13.0. The number of carboxylic acid groups (broad SMARTS) is 1. The van der Waals surface area contributed by atoms with E-state index in [-0.39, 0.29) is 21.0 Å². The van der Waals surface area contributed by atoms with Crippen molar-refractivity contribution in [2.75, 3.05) is 11.8 Å². The summed E-state index contributed by atoms with van der Waals surface area (Å²) in [6.07, 6.45) is 0. The van der Waals surface area contributed by atoms with Gasteiger partial charge in [0.05, 0.1) is 21.0 Å². The highest BCUT2D eigenvalue weighted by molar-refractivity contribution is 7.92. The van der Waals surface area contributed by atoms with Gasteiger partial charge in [-0.1, -0.05) is 12.1 Å². The number of carbonyl (C=O) groups is 2. The molecule has 0 aliphatic rings. The maximum atomic E-state index is 12.3. The van der Waals surface area contributed by atoms with Gasteiger partial charge in [0.2, 0.25) is 0 Å². The molecule has 2 rings (SSSR count). The summed E-state index contributed by atoms with van der Waals surface area (Å²) in [7, 11) is -2.53. The Morgan fingerprint density at radius 1 is 1.23 bits per heavy atom. The summed E-state index contributed by atoms with van der Waals surface area (Å²) in [5.41, 5.74) is -0.199. The van der Waals surface area contributed by atoms with Crippen molar-refractivity contribution in [2.24, 2.45) is 0 Å². The van der Waals surface area contributed by atoms with Crippen molar-refractivity contribution < 1.29 is 23.1 Å². The van der Waals surface area contributed by atoms with Gasteiger partial charge in [0.25, 0.3) is 15.9 Å². The van der Waals surface area contributed by atoms with Crippen LogP contribution in [-0.4, -0.2) is 32.4 Å². The molecule has 0 aliphatic heterocycles. The van der Waals surface area contributed by atoms with E-state index in [0.717, 1.165) is 11.3 Å². The number of thiophene rings is 1. The van der Waals surface area contributed by atoms with Crippen LogP contribution in [0.3, 0.4) is 0 Å². The Morgan fingerprint density at radius 2 is 1.91 bits per heavy atom. The molecule has 0 saturated heterocycles. The quantitative estimate of drug-likeness (QED) is 0.765. The van der Waals surface area contributed by atoms with Crippen LogP contribution in [0.1, 0.15) is 20.0 Å². The number of rotatable bonds is 5. The minimum Gasteiger partial charge on any atom is -0.478 e. The predicted molar refractivity (Wildman–Crippen MR) is 81.9 cm³/mol. The topological polar surface area (TPSA) is 113 Å². The lowest BCUT2D eigenvalue weighted by Crippen LogP contribution is -2.17. The van der Waals surface area contributed by atoms with E-state index in [1.165, 1.54) is 42.8 Å². The number of carboxylic acids is 1. The third kappa shape index (κ3) is 3.26. The molecule has 9 heteroatoms. The number of aromatic carboxylic acids is 1. The molecule has 0 aliphatic carbocycles. The van der Waals surface area contributed by atoms with Crippen molar-refractivity contribution in [2.45, 2.75) is 4.90 Å². The van der Waals surface area contributed by atoms with E-state index in [2.05, 4.69) is 10.0 Å². The summed E-state index contributed by atoms with van der Waals surface area (Å²) in [4.78, 5) is 22.7. The summed E-state index contributed by atoms with van der Waals surface area (Å²) in [6.45, 7) is 0. The van der Waals surface area contributed by atoms with E-state index in [9.17, 15) is 18.0 Å². The summed E-state index contributed by atoms with van der Waals surface area (Å²) in [6, 6.07) is 6.90. The number of benzene rings is 1. The Hall–Kier alpha value is -2.39. The van der Waals surface area contributed by atoms with Crippen molar-refractivity contribution in [3.8, 4) is 0 Å². The molecular formula is C13H12N2O5S2. The molecule has 0 bridgehead atoms. The van der Waals surface area contributed by atoms with Crippen LogP contribution in [0, 0.1) is 0 Å². The first kappa shape index (κ1) is 16.0. The van der Waals surface area contributed by atoms with Crippen LogP contribution in [-0.2, 0) is 10.0 Å². The Kier molecular flexibility index (Phi) is 4.48. The second kappa shape index (κ2) is 6.16. The molecule has 116 valence electrons. The molecule has 0 radical (unpaired) electrons. The number of amides is 1. The van der Waals surface area contributed by atoms with Crippen LogP contribution >= 0.6 is 11.3 Å². The first-order valence-electron chi connectivity index (χ1n) is 6.01. The Morgan fingerprint density at radius 3 is 2.55 bits per heavy atom. The van der Waals surface area contributed by atoms with E-state index in [1.54, 1.807) is 0 Å². The molecule has 2 aromatic rings. The van der Waals surface area contributed by atoms with Gasteiger partial charge in [-0.2, -0.15) is 0 Å². The fraction of sp³-hybridized carbons (Fsp3) is 0.0769. The lowest BCUT2D eigenvalue weighted by molar-refractivity contribution is 0.0697. The molecule has 1 aromatic carbocycles. The van der Waals surface area contributed by atoms with E-state index >= 15 is 0 Å². The van der Waals surface area contributed by atoms with Gasteiger partial charge >= 0.3 is 5.97 Å². The zero-order valence-electron chi connectivity index (χ0n) is 11.4. The standard InChI is InChI=1S/C13H12N2O5S2/c1-14-12(16)11-6-8(7-21-11)22(19,20)15-10-5-3-2-4-9(10)13(17)18/h2-7,15H,1H3,(H,14,16)(H,17,18). The van der Waals surface area contributed by atoms with E-state index < -0.39 is 21.9 Å². The second-order valence-electron chi connectivity index (χ2n) is 4.18. The number of hydrogen-bond acceptors (Lipinski definition) is 5. The number of carbonyl (C=O) groups excluding carboxylic acids is 1. The first-order chi connectivity index (χ1) is 10.3. The number of anilines is 1. The number of hydrogen-bond donors (Lipinski definition) is 3. The Bertz CT molecular complexity index is 826. The average molecular weight is 340 g/mol. The Balaban J connectivity index is 2.34. The van der Waals surface area contributed by atoms with Crippen molar-refractivity contribution in [1.29, 1.82) is 0 Å². The van der Waals surface area contributed by atoms with Crippen LogP contribution in [0.2, 0.25) is 0 Å². The third-order valence-corrected chi connectivity index (χ3v) is 5.16. The number of para-hydroxylation sites is 1. The molecular weight excluding hydrogens is 328 g/mol. The molecule has 0 fully saturated rings.